The summed E-state index contributed by atoms with van der Waals surface area (Å²) >= 11 is 0. The summed E-state index contributed by atoms with van der Waals surface area (Å²) in [5.41, 5.74) is 6.85. The Labute approximate surface area is 105 Å². The first-order valence-electron chi connectivity index (χ1n) is 5.93. The maximum atomic E-state index is 12.6. The molecule has 0 aliphatic carbocycles. The second-order valence-corrected chi connectivity index (χ2v) is 4.20. The number of nitrogens with two attached hydrogens (primary N) is 1. The quantitative estimate of drug-likeness (QED) is 0.888. The summed E-state index contributed by atoms with van der Waals surface area (Å²) in [4.78, 5) is 1.24. The van der Waals surface area contributed by atoms with Crippen molar-refractivity contribution in [1.29, 1.82) is 0 Å². The van der Waals surface area contributed by atoms with Crippen molar-refractivity contribution in [3.8, 4) is 0 Å². The zero-order valence-corrected chi connectivity index (χ0v) is 10.9. The van der Waals surface area contributed by atoms with E-state index < -0.39 is 12.7 Å². The Morgan fingerprint density at radius 1 is 1.33 bits per heavy atom. The van der Waals surface area contributed by atoms with Crippen LogP contribution in [0.25, 0.3) is 0 Å². The van der Waals surface area contributed by atoms with Crippen LogP contribution in [0.5, 0.6) is 0 Å². The van der Waals surface area contributed by atoms with Crippen LogP contribution in [0.1, 0.15) is 26.0 Å². The maximum Gasteiger partial charge on any atom is 0.405 e. The average molecular weight is 264 g/mol. The van der Waals surface area contributed by atoms with Crippen molar-refractivity contribution in [2.24, 2.45) is 7.05 Å². The molecule has 0 aliphatic heterocycles. The molecule has 0 saturated carbocycles. The predicted molar refractivity (Wildman–Crippen MR) is 65.6 cm³/mol. The van der Waals surface area contributed by atoms with E-state index in [2.05, 4.69) is 5.10 Å². The first-order chi connectivity index (χ1) is 8.30. The Hall–Kier alpha value is -1.40. The van der Waals surface area contributed by atoms with Crippen molar-refractivity contribution in [2.75, 3.05) is 23.7 Å². The number of rotatable bonds is 5. The van der Waals surface area contributed by atoms with Gasteiger partial charge in [-0.05, 0) is 12.8 Å². The fourth-order valence-electron chi connectivity index (χ4n) is 1.97. The second kappa shape index (κ2) is 5.49. The topological polar surface area (TPSA) is 47.1 Å². The van der Waals surface area contributed by atoms with E-state index in [0.717, 1.165) is 0 Å². The van der Waals surface area contributed by atoms with E-state index in [1.807, 2.05) is 13.8 Å². The smallest absolute Gasteiger partial charge is 0.394 e. The van der Waals surface area contributed by atoms with Crippen molar-refractivity contribution < 1.29 is 13.2 Å². The molecule has 0 unspecified atom stereocenters. The van der Waals surface area contributed by atoms with Gasteiger partial charge < -0.3 is 10.6 Å². The molecule has 1 aromatic heterocycles. The SMILES string of the molecule is CCCN(CC(F)(F)F)c1c(N)c(CC)nn1C. The van der Waals surface area contributed by atoms with E-state index in [4.69, 9.17) is 5.73 Å². The molecule has 7 heteroatoms. The maximum absolute atomic E-state index is 12.6. The third-order valence-electron chi connectivity index (χ3n) is 2.63. The number of alkyl halides is 3. The Morgan fingerprint density at radius 2 is 1.94 bits per heavy atom. The van der Waals surface area contributed by atoms with Gasteiger partial charge in [-0.1, -0.05) is 13.8 Å². The highest BCUT2D eigenvalue weighted by molar-refractivity contribution is 5.66. The lowest BCUT2D eigenvalue weighted by Gasteiger charge is -2.25. The van der Waals surface area contributed by atoms with Gasteiger partial charge in [-0.25, -0.2) is 0 Å². The lowest BCUT2D eigenvalue weighted by Crippen LogP contribution is -2.36. The normalized spacial score (nSPS) is 11.9. The zero-order chi connectivity index (χ0) is 13.9. The summed E-state index contributed by atoms with van der Waals surface area (Å²) in [7, 11) is 1.61. The van der Waals surface area contributed by atoms with Gasteiger partial charge in [0.05, 0.1) is 11.4 Å². The molecule has 0 aromatic carbocycles. The highest BCUT2D eigenvalue weighted by Crippen LogP contribution is 2.29. The van der Waals surface area contributed by atoms with E-state index in [0.29, 0.717) is 36.6 Å². The summed E-state index contributed by atoms with van der Waals surface area (Å²) in [5, 5.41) is 4.14. The van der Waals surface area contributed by atoms with E-state index >= 15 is 0 Å². The van der Waals surface area contributed by atoms with Crippen molar-refractivity contribution in [3.05, 3.63) is 5.69 Å². The molecule has 0 aliphatic rings. The first kappa shape index (κ1) is 14.7. The van der Waals surface area contributed by atoms with Crippen LogP contribution in [0.3, 0.4) is 0 Å². The molecule has 0 atom stereocenters. The van der Waals surface area contributed by atoms with Gasteiger partial charge in [0, 0.05) is 13.6 Å². The molecule has 0 saturated heterocycles. The Balaban J connectivity index is 3.09. The van der Waals surface area contributed by atoms with Crippen molar-refractivity contribution in [1.82, 2.24) is 9.78 Å². The van der Waals surface area contributed by atoms with E-state index in [1.54, 1.807) is 7.05 Å². The van der Waals surface area contributed by atoms with Crippen LogP contribution in [-0.4, -0.2) is 29.0 Å². The fraction of sp³-hybridized carbons (Fsp3) is 0.727. The molecule has 0 spiro atoms. The van der Waals surface area contributed by atoms with E-state index in [9.17, 15) is 13.2 Å². The molecule has 0 radical (unpaired) electrons. The monoisotopic (exact) mass is 264 g/mol. The molecule has 1 rings (SSSR count). The summed E-state index contributed by atoms with van der Waals surface area (Å²) in [6.07, 6.45) is -3.04. The van der Waals surface area contributed by atoms with Crippen LogP contribution in [0.2, 0.25) is 0 Å². The lowest BCUT2D eigenvalue weighted by atomic mass is 10.2. The Morgan fingerprint density at radius 3 is 2.33 bits per heavy atom. The zero-order valence-electron chi connectivity index (χ0n) is 10.9. The fourth-order valence-corrected chi connectivity index (χ4v) is 1.97. The van der Waals surface area contributed by atoms with Crippen LogP contribution < -0.4 is 10.6 Å². The average Bonchev–Trinajstić information content (AvgIpc) is 2.51. The molecular weight excluding hydrogens is 245 g/mol. The van der Waals surface area contributed by atoms with Crippen LogP contribution in [0.4, 0.5) is 24.7 Å². The van der Waals surface area contributed by atoms with Gasteiger partial charge in [0.15, 0.2) is 5.82 Å². The molecule has 1 heterocycles. The first-order valence-corrected chi connectivity index (χ1v) is 5.93. The number of aryl methyl sites for hydroxylation is 2. The van der Waals surface area contributed by atoms with E-state index in [1.165, 1.54) is 9.58 Å². The minimum Gasteiger partial charge on any atom is -0.394 e. The molecule has 2 N–H and O–H groups in total. The number of nitrogens with zero attached hydrogens (tertiary/aromatic N) is 3. The molecule has 1 aromatic rings. The lowest BCUT2D eigenvalue weighted by molar-refractivity contribution is -0.119. The molecule has 0 fully saturated rings. The van der Waals surface area contributed by atoms with Gasteiger partial charge in [-0.2, -0.15) is 18.3 Å². The highest BCUT2D eigenvalue weighted by atomic mass is 19.4. The minimum atomic E-state index is -4.25. The van der Waals surface area contributed by atoms with Crippen LogP contribution in [0, 0.1) is 0 Å². The summed E-state index contributed by atoms with van der Waals surface area (Å²) in [5.74, 6) is 0.353. The molecule has 104 valence electrons. The van der Waals surface area contributed by atoms with Gasteiger partial charge in [-0.15, -0.1) is 0 Å². The summed E-state index contributed by atoms with van der Waals surface area (Å²) in [6, 6.07) is 0. The third-order valence-corrected chi connectivity index (χ3v) is 2.63. The van der Waals surface area contributed by atoms with E-state index in [-0.39, 0.29) is 0 Å². The second-order valence-electron chi connectivity index (χ2n) is 4.20. The van der Waals surface area contributed by atoms with Crippen LogP contribution in [0.15, 0.2) is 0 Å². The number of hydrogen-bond donors (Lipinski definition) is 1. The molecule has 4 nitrogen and oxygen atoms in total. The van der Waals surface area contributed by atoms with Gasteiger partial charge in [0.25, 0.3) is 0 Å². The number of nitrogen functional groups attached to an aromatic ring is 1. The van der Waals surface area contributed by atoms with Gasteiger partial charge in [0.1, 0.15) is 6.54 Å². The van der Waals surface area contributed by atoms with Crippen molar-refractivity contribution >= 4 is 11.5 Å². The van der Waals surface area contributed by atoms with Crippen LogP contribution in [-0.2, 0) is 13.5 Å². The van der Waals surface area contributed by atoms with Crippen molar-refractivity contribution in [2.45, 2.75) is 32.9 Å². The molecule has 0 amide bonds. The largest absolute Gasteiger partial charge is 0.405 e. The summed E-state index contributed by atoms with van der Waals surface area (Å²) < 4.78 is 39.1. The molecular formula is C11H19F3N4. The number of hydrogen-bond acceptors (Lipinski definition) is 3. The van der Waals surface area contributed by atoms with Gasteiger partial charge in [-0.3, -0.25) is 4.68 Å². The van der Waals surface area contributed by atoms with Crippen molar-refractivity contribution in [3.63, 3.8) is 0 Å². The van der Waals surface area contributed by atoms with Gasteiger partial charge >= 0.3 is 6.18 Å². The number of halogens is 3. The Bertz CT molecular complexity index is 398. The highest BCUT2D eigenvalue weighted by Gasteiger charge is 2.32. The third kappa shape index (κ3) is 3.30. The molecule has 18 heavy (non-hydrogen) atoms. The number of anilines is 2. The standard InChI is InChI=1S/C11H19F3N4/c1-4-6-18(7-11(12,13)14)10-9(15)8(5-2)16-17(10)3/h4-7,15H2,1-3H3. The summed E-state index contributed by atoms with van der Waals surface area (Å²) in [6.45, 7) is 2.99. The predicted octanol–water partition coefficient (Wildman–Crippen LogP) is 2.34. The van der Waals surface area contributed by atoms with Crippen LogP contribution >= 0.6 is 0 Å². The van der Waals surface area contributed by atoms with Gasteiger partial charge in [0.2, 0.25) is 0 Å². The number of aromatic nitrogens is 2. The molecule has 0 bridgehead atoms. The minimum absolute atomic E-state index is 0.298. The Kier molecular flexibility index (Phi) is 4.48.